The molecule has 0 radical (unpaired) electrons. The average molecular weight is 356 g/mol. The third kappa shape index (κ3) is 4.34. The van der Waals surface area contributed by atoms with Gasteiger partial charge in [0.25, 0.3) is 5.91 Å². The molecule has 5 heteroatoms. The van der Waals surface area contributed by atoms with Crippen molar-refractivity contribution in [3.63, 3.8) is 0 Å². The van der Waals surface area contributed by atoms with E-state index in [0.717, 1.165) is 49.6 Å². The largest absolute Gasteiger partial charge is 0.465 e. The van der Waals surface area contributed by atoms with Crippen LogP contribution in [0.1, 0.15) is 45.0 Å². The van der Waals surface area contributed by atoms with Gasteiger partial charge in [0.05, 0.1) is 5.56 Å². The summed E-state index contributed by atoms with van der Waals surface area (Å²) in [6.45, 7) is 7.82. The number of hydrogen-bond acceptors (Lipinski definition) is 4. The normalized spacial score (nSPS) is 14.3. The van der Waals surface area contributed by atoms with E-state index in [4.69, 9.17) is 9.15 Å². The lowest BCUT2D eigenvalue weighted by molar-refractivity contribution is 0.0945. The maximum atomic E-state index is 12.6. The first-order chi connectivity index (χ1) is 12.6. The van der Waals surface area contributed by atoms with E-state index in [0.29, 0.717) is 18.7 Å². The maximum absolute atomic E-state index is 12.6. The van der Waals surface area contributed by atoms with Crippen molar-refractivity contribution >= 4 is 5.91 Å². The second kappa shape index (κ2) is 8.52. The SMILES string of the molecule is COCCCNC(=O)c1c(C)oc2c1CN(Cc1ccc(C)cc1)CC2. The number of hydrogen-bond donors (Lipinski definition) is 1. The standard InChI is InChI=1S/C21H28N2O3/c1-15-5-7-17(8-6-15)13-23-11-9-19-18(14-23)20(16(2)26-19)21(24)22-10-4-12-25-3/h5-8H,4,9-14H2,1-3H3,(H,22,24). The molecule has 0 spiro atoms. The van der Waals surface area contributed by atoms with Crippen molar-refractivity contribution in [2.24, 2.45) is 0 Å². The molecular formula is C21H28N2O3. The zero-order valence-electron chi connectivity index (χ0n) is 15.9. The summed E-state index contributed by atoms with van der Waals surface area (Å²) in [5.41, 5.74) is 4.33. The molecule has 26 heavy (non-hydrogen) atoms. The van der Waals surface area contributed by atoms with E-state index < -0.39 is 0 Å². The number of rotatable bonds is 7. The molecule has 3 rings (SSSR count). The number of benzene rings is 1. The third-order valence-corrected chi connectivity index (χ3v) is 4.87. The summed E-state index contributed by atoms with van der Waals surface area (Å²) in [6.07, 6.45) is 1.65. The van der Waals surface area contributed by atoms with Crippen molar-refractivity contribution in [1.82, 2.24) is 10.2 Å². The van der Waals surface area contributed by atoms with Crippen LogP contribution in [0.4, 0.5) is 0 Å². The van der Waals surface area contributed by atoms with Gasteiger partial charge in [-0.25, -0.2) is 0 Å². The predicted octanol–water partition coefficient (Wildman–Crippen LogP) is 3.22. The molecule has 0 saturated carbocycles. The molecule has 0 saturated heterocycles. The lowest BCUT2D eigenvalue weighted by atomic mass is 10.0. The molecular weight excluding hydrogens is 328 g/mol. The van der Waals surface area contributed by atoms with Gasteiger partial charge in [0, 0.05) is 51.9 Å². The molecule has 2 heterocycles. The second-order valence-corrected chi connectivity index (χ2v) is 6.98. The number of aryl methyl sites for hydroxylation is 2. The summed E-state index contributed by atoms with van der Waals surface area (Å²) >= 11 is 0. The Morgan fingerprint density at radius 1 is 1.27 bits per heavy atom. The number of fused-ring (bicyclic) bond motifs is 1. The molecule has 0 fully saturated rings. The van der Waals surface area contributed by atoms with Crippen LogP contribution in [-0.4, -0.2) is 37.6 Å². The Morgan fingerprint density at radius 2 is 2.04 bits per heavy atom. The summed E-state index contributed by atoms with van der Waals surface area (Å²) < 4.78 is 10.9. The maximum Gasteiger partial charge on any atom is 0.255 e. The Kier molecular flexibility index (Phi) is 6.12. The van der Waals surface area contributed by atoms with Crippen LogP contribution in [0.3, 0.4) is 0 Å². The van der Waals surface area contributed by atoms with Crippen LogP contribution in [0.5, 0.6) is 0 Å². The fourth-order valence-electron chi connectivity index (χ4n) is 3.47. The molecule has 1 aromatic carbocycles. The van der Waals surface area contributed by atoms with Crippen LogP contribution in [0.2, 0.25) is 0 Å². The van der Waals surface area contributed by atoms with E-state index in [2.05, 4.69) is 41.4 Å². The summed E-state index contributed by atoms with van der Waals surface area (Å²) in [4.78, 5) is 15.0. The van der Waals surface area contributed by atoms with Crippen molar-refractivity contribution in [2.75, 3.05) is 26.8 Å². The molecule has 1 aliphatic heterocycles. The molecule has 1 amide bonds. The number of amides is 1. The number of nitrogens with zero attached hydrogens (tertiary/aromatic N) is 1. The van der Waals surface area contributed by atoms with Gasteiger partial charge >= 0.3 is 0 Å². The van der Waals surface area contributed by atoms with Crippen LogP contribution in [0.25, 0.3) is 0 Å². The fourth-order valence-corrected chi connectivity index (χ4v) is 3.47. The molecule has 1 aliphatic rings. The smallest absolute Gasteiger partial charge is 0.255 e. The highest BCUT2D eigenvalue weighted by atomic mass is 16.5. The highest BCUT2D eigenvalue weighted by Gasteiger charge is 2.28. The van der Waals surface area contributed by atoms with E-state index >= 15 is 0 Å². The third-order valence-electron chi connectivity index (χ3n) is 4.87. The Labute approximate surface area is 155 Å². The number of carbonyl (C=O) groups is 1. The van der Waals surface area contributed by atoms with Crippen molar-refractivity contribution in [3.05, 3.63) is 58.0 Å². The Balaban J connectivity index is 1.68. The lowest BCUT2D eigenvalue weighted by Crippen LogP contribution is -2.32. The van der Waals surface area contributed by atoms with Crippen molar-refractivity contribution < 1.29 is 13.9 Å². The molecule has 0 bridgehead atoms. The fraction of sp³-hybridized carbons (Fsp3) is 0.476. The number of ether oxygens (including phenoxy) is 1. The summed E-state index contributed by atoms with van der Waals surface area (Å²) in [5.74, 6) is 1.64. The first kappa shape index (κ1) is 18.7. The molecule has 0 atom stereocenters. The van der Waals surface area contributed by atoms with Crippen molar-refractivity contribution in [1.29, 1.82) is 0 Å². The van der Waals surface area contributed by atoms with Gasteiger partial charge in [0.2, 0.25) is 0 Å². The monoisotopic (exact) mass is 356 g/mol. The molecule has 0 aliphatic carbocycles. The van der Waals surface area contributed by atoms with Gasteiger partial charge in [0.15, 0.2) is 0 Å². The lowest BCUT2D eigenvalue weighted by Gasteiger charge is -2.26. The summed E-state index contributed by atoms with van der Waals surface area (Å²) in [5, 5.41) is 2.98. The number of methoxy groups -OCH3 is 1. The van der Waals surface area contributed by atoms with Crippen LogP contribution in [0, 0.1) is 13.8 Å². The first-order valence-corrected chi connectivity index (χ1v) is 9.24. The summed E-state index contributed by atoms with van der Waals surface area (Å²) in [6, 6.07) is 8.64. The second-order valence-electron chi connectivity index (χ2n) is 6.98. The molecule has 1 aromatic heterocycles. The van der Waals surface area contributed by atoms with Crippen LogP contribution >= 0.6 is 0 Å². The Bertz CT molecular complexity index is 749. The molecule has 2 aromatic rings. The molecule has 1 N–H and O–H groups in total. The van der Waals surface area contributed by atoms with E-state index in [1.807, 2.05) is 6.92 Å². The highest BCUT2D eigenvalue weighted by molar-refractivity contribution is 5.97. The Hall–Kier alpha value is -2.11. The van der Waals surface area contributed by atoms with Crippen LogP contribution < -0.4 is 5.32 Å². The number of carbonyl (C=O) groups excluding carboxylic acids is 1. The van der Waals surface area contributed by atoms with E-state index in [1.165, 1.54) is 11.1 Å². The van der Waals surface area contributed by atoms with Gasteiger partial charge < -0.3 is 14.5 Å². The quantitative estimate of drug-likeness (QED) is 0.774. The molecule has 5 nitrogen and oxygen atoms in total. The predicted molar refractivity (Wildman–Crippen MR) is 101 cm³/mol. The highest BCUT2D eigenvalue weighted by Crippen LogP contribution is 2.29. The van der Waals surface area contributed by atoms with Gasteiger partial charge in [-0.15, -0.1) is 0 Å². The Morgan fingerprint density at radius 3 is 2.77 bits per heavy atom. The van der Waals surface area contributed by atoms with Crippen molar-refractivity contribution in [2.45, 2.75) is 39.8 Å². The minimum Gasteiger partial charge on any atom is -0.465 e. The van der Waals surface area contributed by atoms with Gasteiger partial charge in [-0.2, -0.15) is 0 Å². The van der Waals surface area contributed by atoms with E-state index in [1.54, 1.807) is 7.11 Å². The van der Waals surface area contributed by atoms with E-state index in [9.17, 15) is 4.79 Å². The minimum atomic E-state index is -0.0409. The zero-order valence-corrected chi connectivity index (χ0v) is 15.9. The molecule has 140 valence electrons. The number of nitrogens with one attached hydrogen (secondary N) is 1. The number of furan rings is 1. The van der Waals surface area contributed by atoms with E-state index in [-0.39, 0.29) is 5.91 Å². The minimum absolute atomic E-state index is 0.0409. The van der Waals surface area contributed by atoms with Gasteiger partial charge in [0.1, 0.15) is 11.5 Å². The van der Waals surface area contributed by atoms with Gasteiger partial charge in [-0.05, 0) is 25.8 Å². The van der Waals surface area contributed by atoms with Crippen LogP contribution in [0.15, 0.2) is 28.7 Å². The van der Waals surface area contributed by atoms with Crippen molar-refractivity contribution in [3.8, 4) is 0 Å². The average Bonchev–Trinajstić information content (AvgIpc) is 2.96. The zero-order chi connectivity index (χ0) is 18.5. The van der Waals surface area contributed by atoms with Crippen LogP contribution in [-0.2, 0) is 24.2 Å². The summed E-state index contributed by atoms with van der Waals surface area (Å²) in [7, 11) is 1.67. The first-order valence-electron chi connectivity index (χ1n) is 9.24. The topological polar surface area (TPSA) is 54.7 Å². The molecule has 0 unspecified atom stereocenters. The van der Waals surface area contributed by atoms with Gasteiger partial charge in [-0.3, -0.25) is 9.69 Å². The van der Waals surface area contributed by atoms with Gasteiger partial charge in [-0.1, -0.05) is 29.8 Å².